The minimum absolute atomic E-state index is 0.0963. The quantitative estimate of drug-likeness (QED) is 0.779. The van der Waals surface area contributed by atoms with Crippen LogP contribution in [0.5, 0.6) is 0 Å². The Morgan fingerprint density at radius 1 is 1.36 bits per heavy atom. The lowest BCUT2D eigenvalue weighted by Gasteiger charge is -2.40. The van der Waals surface area contributed by atoms with E-state index in [0.717, 1.165) is 19.4 Å². The van der Waals surface area contributed by atoms with Crippen LogP contribution in [0.4, 0.5) is 0 Å². The maximum Gasteiger partial charge on any atom is 0.291 e. The largest absolute Gasteiger partial charge is 0.438 e. The Hall–Kier alpha value is -1.48. The highest BCUT2D eigenvalue weighted by Crippen LogP contribution is 2.23. The van der Waals surface area contributed by atoms with Crippen molar-refractivity contribution in [3.05, 3.63) is 17.8 Å². The summed E-state index contributed by atoms with van der Waals surface area (Å²) >= 11 is 0. The summed E-state index contributed by atoms with van der Waals surface area (Å²) in [6, 6.07) is -0.194. The van der Waals surface area contributed by atoms with Gasteiger partial charge >= 0.3 is 0 Å². The first-order chi connectivity index (χ1) is 12.0. The molecule has 2 N–H and O–H groups in total. The van der Waals surface area contributed by atoms with Crippen LogP contribution in [0.2, 0.25) is 0 Å². The second-order valence-electron chi connectivity index (χ2n) is 7.10. The minimum Gasteiger partial charge on any atom is -0.438 e. The van der Waals surface area contributed by atoms with Gasteiger partial charge in [-0.1, -0.05) is 0 Å². The van der Waals surface area contributed by atoms with E-state index >= 15 is 0 Å². The molecule has 0 spiro atoms. The third kappa shape index (κ3) is 4.03. The van der Waals surface area contributed by atoms with Crippen LogP contribution in [0.3, 0.4) is 0 Å². The number of aromatic nitrogens is 1. The van der Waals surface area contributed by atoms with Crippen LogP contribution in [-0.2, 0) is 4.74 Å². The van der Waals surface area contributed by atoms with Crippen molar-refractivity contribution in [1.29, 1.82) is 0 Å². The first kappa shape index (κ1) is 18.3. The van der Waals surface area contributed by atoms with E-state index in [1.807, 2.05) is 11.9 Å². The molecule has 25 heavy (non-hydrogen) atoms. The third-order valence-electron chi connectivity index (χ3n) is 5.32. The number of aliphatic hydroxyl groups is 2. The van der Waals surface area contributed by atoms with Crippen molar-refractivity contribution in [2.45, 2.75) is 38.0 Å². The van der Waals surface area contributed by atoms with E-state index in [0.29, 0.717) is 37.1 Å². The number of aliphatic hydroxyl groups excluding tert-OH is 2. The van der Waals surface area contributed by atoms with Crippen molar-refractivity contribution in [2.75, 3.05) is 39.9 Å². The summed E-state index contributed by atoms with van der Waals surface area (Å²) in [6.45, 7) is 4.56. The number of nitrogens with zero attached hydrogens (tertiary/aromatic N) is 3. The average molecular weight is 353 g/mol. The molecule has 8 heteroatoms. The molecule has 0 bridgehead atoms. The Kier molecular flexibility index (Phi) is 5.73. The highest BCUT2D eigenvalue weighted by molar-refractivity contribution is 5.92. The summed E-state index contributed by atoms with van der Waals surface area (Å²) in [5.74, 6) is 0.671. The molecule has 3 atom stereocenters. The van der Waals surface area contributed by atoms with Gasteiger partial charge in [0.25, 0.3) is 5.91 Å². The van der Waals surface area contributed by atoms with Gasteiger partial charge in [-0.05, 0) is 32.7 Å². The van der Waals surface area contributed by atoms with E-state index in [-0.39, 0.29) is 18.6 Å². The predicted molar refractivity (Wildman–Crippen MR) is 89.1 cm³/mol. The van der Waals surface area contributed by atoms with Crippen LogP contribution in [0, 0.1) is 12.8 Å². The summed E-state index contributed by atoms with van der Waals surface area (Å²) < 4.78 is 10.6. The molecule has 1 aromatic heterocycles. The number of carbonyl (C=O) groups is 1. The number of piperidine rings is 1. The Labute approximate surface area is 147 Å². The van der Waals surface area contributed by atoms with Crippen LogP contribution in [-0.4, -0.2) is 89.0 Å². The molecule has 0 radical (unpaired) electrons. The Morgan fingerprint density at radius 2 is 2.08 bits per heavy atom. The number of hydrogen-bond acceptors (Lipinski definition) is 7. The number of hydrogen-bond donors (Lipinski definition) is 2. The van der Waals surface area contributed by atoms with E-state index in [1.165, 1.54) is 6.39 Å². The lowest BCUT2D eigenvalue weighted by Crippen LogP contribution is -2.56. The van der Waals surface area contributed by atoms with Crippen LogP contribution in [0.15, 0.2) is 10.8 Å². The van der Waals surface area contributed by atoms with E-state index in [9.17, 15) is 15.0 Å². The predicted octanol–water partition coefficient (Wildman–Crippen LogP) is -0.112. The molecular weight excluding hydrogens is 326 g/mol. The van der Waals surface area contributed by atoms with Gasteiger partial charge in [0.15, 0.2) is 6.39 Å². The minimum atomic E-state index is -0.828. The maximum atomic E-state index is 12.4. The van der Waals surface area contributed by atoms with Crippen molar-refractivity contribution in [1.82, 2.24) is 14.8 Å². The van der Waals surface area contributed by atoms with Gasteiger partial charge in [0.2, 0.25) is 5.76 Å². The van der Waals surface area contributed by atoms with Crippen LogP contribution in [0.1, 0.15) is 29.1 Å². The zero-order valence-corrected chi connectivity index (χ0v) is 14.8. The van der Waals surface area contributed by atoms with Crippen LogP contribution < -0.4 is 0 Å². The van der Waals surface area contributed by atoms with E-state index < -0.39 is 12.2 Å². The number of amides is 1. The van der Waals surface area contributed by atoms with Crippen LogP contribution in [0.25, 0.3) is 0 Å². The molecule has 1 amide bonds. The highest BCUT2D eigenvalue weighted by atomic mass is 16.5. The second kappa shape index (κ2) is 7.82. The third-order valence-corrected chi connectivity index (χ3v) is 5.32. The van der Waals surface area contributed by atoms with Gasteiger partial charge in [0.05, 0.1) is 31.1 Å². The van der Waals surface area contributed by atoms with Gasteiger partial charge in [-0.15, -0.1) is 0 Å². The van der Waals surface area contributed by atoms with E-state index in [4.69, 9.17) is 9.15 Å². The van der Waals surface area contributed by atoms with Gasteiger partial charge in [0.1, 0.15) is 6.10 Å². The summed E-state index contributed by atoms with van der Waals surface area (Å²) in [5, 5.41) is 19.9. The van der Waals surface area contributed by atoms with Crippen molar-refractivity contribution >= 4 is 5.91 Å². The number of oxazole rings is 1. The van der Waals surface area contributed by atoms with Crippen LogP contribution >= 0.6 is 0 Å². The molecule has 0 unspecified atom stereocenters. The first-order valence-electron chi connectivity index (χ1n) is 8.81. The SMILES string of the molecule is Cc1ncoc1C(=O)N1CCC(CN(C)[C@@H]2COC[C@@H](O)[C@H]2O)CC1. The molecule has 140 valence electrons. The van der Waals surface area contributed by atoms with Crippen molar-refractivity contribution in [2.24, 2.45) is 5.92 Å². The number of likely N-dealkylation sites (N-methyl/N-ethyl adjacent to an activating group) is 1. The molecular formula is C17H27N3O5. The summed E-state index contributed by atoms with van der Waals surface area (Å²) in [4.78, 5) is 20.3. The van der Waals surface area contributed by atoms with Gasteiger partial charge in [-0.2, -0.15) is 0 Å². The Bertz CT molecular complexity index is 585. The summed E-state index contributed by atoms with van der Waals surface area (Å²) in [6.07, 6.45) is 1.49. The fourth-order valence-corrected chi connectivity index (χ4v) is 3.66. The van der Waals surface area contributed by atoms with Crippen molar-refractivity contribution in [3.8, 4) is 0 Å². The number of carbonyl (C=O) groups excluding carboxylic acids is 1. The number of aryl methyl sites for hydroxylation is 1. The second-order valence-corrected chi connectivity index (χ2v) is 7.10. The molecule has 3 rings (SSSR count). The number of rotatable bonds is 4. The summed E-state index contributed by atoms with van der Waals surface area (Å²) in [7, 11) is 1.95. The molecule has 2 saturated heterocycles. The molecule has 0 aliphatic carbocycles. The topological polar surface area (TPSA) is 99.3 Å². The van der Waals surface area contributed by atoms with E-state index in [2.05, 4.69) is 9.88 Å². The molecule has 2 aliphatic rings. The zero-order valence-electron chi connectivity index (χ0n) is 14.8. The molecule has 0 saturated carbocycles. The molecule has 0 aromatic carbocycles. The fourth-order valence-electron chi connectivity index (χ4n) is 3.66. The van der Waals surface area contributed by atoms with Gasteiger partial charge in [0, 0.05) is 19.6 Å². The van der Waals surface area contributed by atoms with Crippen molar-refractivity contribution < 1.29 is 24.2 Å². The zero-order chi connectivity index (χ0) is 18.0. The lowest BCUT2D eigenvalue weighted by molar-refractivity contribution is -0.130. The molecule has 3 heterocycles. The normalized spacial score (nSPS) is 28.5. The number of ether oxygens (including phenoxy) is 1. The maximum absolute atomic E-state index is 12.4. The van der Waals surface area contributed by atoms with Gasteiger partial charge in [-0.3, -0.25) is 9.69 Å². The molecule has 1 aromatic rings. The average Bonchev–Trinajstić information content (AvgIpc) is 3.03. The first-order valence-corrected chi connectivity index (χ1v) is 8.81. The Morgan fingerprint density at radius 3 is 2.72 bits per heavy atom. The molecule has 2 fully saturated rings. The van der Waals surface area contributed by atoms with Gasteiger partial charge < -0.3 is 24.3 Å². The number of likely N-dealkylation sites (tertiary alicyclic amines) is 1. The standard InChI is InChI=1S/C17H27N3O5/c1-11-16(25-10-18-11)17(23)20-5-3-12(4-6-20)7-19(2)13-8-24-9-14(21)15(13)22/h10,12-15,21-22H,3-9H2,1-2H3/t13-,14-,15+/m1/s1. The van der Waals surface area contributed by atoms with E-state index in [1.54, 1.807) is 6.92 Å². The summed E-state index contributed by atoms with van der Waals surface area (Å²) in [5.41, 5.74) is 0.622. The highest BCUT2D eigenvalue weighted by Gasteiger charge is 2.35. The Balaban J connectivity index is 1.49. The lowest BCUT2D eigenvalue weighted by atomic mass is 9.94. The fraction of sp³-hybridized carbons (Fsp3) is 0.765. The molecule has 2 aliphatic heterocycles. The molecule has 8 nitrogen and oxygen atoms in total. The van der Waals surface area contributed by atoms with Gasteiger partial charge in [-0.25, -0.2) is 4.98 Å². The monoisotopic (exact) mass is 353 g/mol. The smallest absolute Gasteiger partial charge is 0.291 e. The van der Waals surface area contributed by atoms with Crippen molar-refractivity contribution in [3.63, 3.8) is 0 Å².